The average Bonchev–Trinajstić information content (AvgIpc) is 2.49. The molecule has 0 atom stereocenters. The van der Waals surface area contributed by atoms with Gasteiger partial charge in [0.25, 0.3) is 0 Å². The van der Waals surface area contributed by atoms with Gasteiger partial charge in [-0.25, -0.2) is 4.79 Å². The number of nitrogens with one attached hydrogen (secondary N) is 1. The standard InChI is InChI=1S/C16H18N2O2/c1-3-11-4-6-12(7-5-11)18-13-8-9-15(17)14(10-13)16(19)20-2/h4-10,18H,3,17H2,1-2H3. The molecular weight excluding hydrogens is 252 g/mol. The van der Waals surface area contributed by atoms with Crippen molar-refractivity contribution in [2.45, 2.75) is 13.3 Å². The van der Waals surface area contributed by atoms with Crippen LogP contribution in [0.3, 0.4) is 0 Å². The highest BCUT2D eigenvalue weighted by molar-refractivity contribution is 5.96. The van der Waals surface area contributed by atoms with Gasteiger partial charge in [0.2, 0.25) is 0 Å². The van der Waals surface area contributed by atoms with Crippen LogP contribution in [0.1, 0.15) is 22.8 Å². The van der Waals surface area contributed by atoms with Crippen molar-refractivity contribution in [2.24, 2.45) is 0 Å². The zero-order chi connectivity index (χ0) is 14.5. The van der Waals surface area contributed by atoms with E-state index in [1.54, 1.807) is 12.1 Å². The summed E-state index contributed by atoms with van der Waals surface area (Å²) < 4.78 is 4.71. The van der Waals surface area contributed by atoms with Gasteiger partial charge in [-0.05, 0) is 42.3 Å². The van der Waals surface area contributed by atoms with E-state index in [1.807, 2.05) is 18.2 Å². The van der Waals surface area contributed by atoms with Crippen LogP contribution in [0.15, 0.2) is 42.5 Å². The second-order valence-electron chi connectivity index (χ2n) is 4.47. The molecule has 0 aliphatic heterocycles. The molecule has 4 heteroatoms. The Morgan fingerprint density at radius 1 is 1.15 bits per heavy atom. The second kappa shape index (κ2) is 6.10. The van der Waals surface area contributed by atoms with Gasteiger partial charge in [0.15, 0.2) is 0 Å². The average molecular weight is 270 g/mol. The Labute approximate surface area is 118 Å². The summed E-state index contributed by atoms with van der Waals surface area (Å²) >= 11 is 0. The highest BCUT2D eigenvalue weighted by Gasteiger charge is 2.10. The number of ether oxygens (including phenoxy) is 1. The van der Waals surface area contributed by atoms with Crippen LogP contribution in [0.25, 0.3) is 0 Å². The summed E-state index contributed by atoms with van der Waals surface area (Å²) in [6.45, 7) is 2.12. The number of hydrogen-bond acceptors (Lipinski definition) is 4. The first kappa shape index (κ1) is 13.9. The number of aryl methyl sites for hydroxylation is 1. The largest absolute Gasteiger partial charge is 0.465 e. The minimum Gasteiger partial charge on any atom is -0.465 e. The molecule has 4 nitrogen and oxygen atoms in total. The van der Waals surface area contributed by atoms with Crippen molar-refractivity contribution >= 4 is 23.0 Å². The Morgan fingerprint density at radius 3 is 2.40 bits per heavy atom. The second-order valence-corrected chi connectivity index (χ2v) is 4.47. The molecule has 0 aliphatic rings. The maximum atomic E-state index is 11.6. The lowest BCUT2D eigenvalue weighted by Crippen LogP contribution is -2.06. The van der Waals surface area contributed by atoms with Gasteiger partial charge in [-0.1, -0.05) is 19.1 Å². The fourth-order valence-electron chi connectivity index (χ4n) is 1.91. The molecule has 0 saturated carbocycles. The molecule has 2 rings (SSSR count). The van der Waals surface area contributed by atoms with E-state index in [0.29, 0.717) is 11.3 Å². The summed E-state index contributed by atoms with van der Waals surface area (Å²) in [6.07, 6.45) is 1.01. The lowest BCUT2D eigenvalue weighted by atomic mass is 10.1. The Morgan fingerprint density at radius 2 is 1.80 bits per heavy atom. The highest BCUT2D eigenvalue weighted by Crippen LogP contribution is 2.22. The smallest absolute Gasteiger partial charge is 0.340 e. The molecule has 0 bridgehead atoms. The number of carbonyl (C=O) groups is 1. The lowest BCUT2D eigenvalue weighted by molar-refractivity contribution is 0.0602. The minimum absolute atomic E-state index is 0.364. The van der Waals surface area contributed by atoms with Crippen molar-refractivity contribution in [2.75, 3.05) is 18.2 Å². The number of hydrogen-bond donors (Lipinski definition) is 2. The SMILES string of the molecule is CCc1ccc(Nc2ccc(N)c(C(=O)OC)c2)cc1. The molecular formula is C16H18N2O2. The van der Waals surface area contributed by atoms with Crippen LogP contribution >= 0.6 is 0 Å². The van der Waals surface area contributed by atoms with Crippen molar-refractivity contribution < 1.29 is 9.53 Å². The zero-order valence-electron chi connectivity index (χ0n) is 11.6. The molecule has 0 unspecified atom stereocenters. The molecule has 104 valence electrons. The van der Waals surface area contributed by atoms with Gasteiger partial charge in [-0.3, -0.25) is 0 Å². The topological polar surface area (TPSA) is 64.3 Å². The Hall–Kier alpha value is -2.49. The van der Waals surface area contributed by atoms with Crippen molar-refractivity contribution in [3.63, 3.8) is 0 Å². The number of carbonyl (C=O) groups excluding carboxylic acids is 1. The number of esters is 1. The van der Waals surface area contributed by atoms with Crippen LogP contribution in [0.2, 0.25) is 0 Å². The Balaban J connectivity index is 2.22. The first-order valence-corrected chi connectivity index (χ1v) is 6.48. The van der Waals surface area contributed by atoms with Crippen molar-refractivity contribution in [3.05, 3.63) is 53.6 Å². The van der Waals surface area contributed by atoms with Crippen LogP contribution in [0.5, 0.6) is 0 Å². The van der Waals surface area contributed by atoms with Gasteiger partial charge in [-0.2, -0.15) is 0 Å². The number of nitrogen functional groups attached to an aromatic ring is 1. The summed E-state index contributed by atoms with van der Waals surface area (Å²) in [5.41, 5.74) is 9.58. The van der Waals surface area contributed by atoms with Crippen molar-refractivity contribution in [1.82, 2.24) is 0 Å². The number of methoxy groups -OCH3 is 1. The van der Waals surface area contributed by atoms with Gasteiger partial charge >= 0.3 is 5.97 Å². The molecule has 0 aliphatic carbocycles. The molecule has 0 fully saturated rings. The number of benzene rings is 2. The number of anilines is 3. The summed E-state index contributed by atoms with van der Waals surface area (Å²) in [5.74, 6) is -0.438. The Bertz CT molecular complexity index is 606. The first-order chi connectivity index (χ1) is 9.63. The molecule has 20 heavy (non-hydrogen) atoms. The first-order valence-electron chi connectivity index (χ1n) is 6.48. The summed E-state index contributed by atoms with van der Waals surface area (Å²) in [5, 5.41) is 3.24. The molecule has 0 saturated heterocycles. The Kier molecular flexibility index (Phi) is 4.25. The third kappa shape index (κ3) is 3.09. The van der Waals surface area contributed by atoms with Gasteiger partial charge in [-0.15, -0.1) is 0 Å². The van der Waals surface area contributed by atoms with Gasteiger partial charge in [0, 0.05) is 17.1 Å². The fraction of sp³-hybridized carbons (Fsp3) is 0.188. The van der Waals surface area contributed by atoms with Gasteiger partial charge in [0.05, 0.1) is 12.7 Å². The fourth-order valence-corrected chi connectivity index (χ4v) is 1.91. The zero-order valence-corrected chi connectivity index (χ0v) is 11.6. The summed E-state index contributed by atoms with van der Waals surface area (Å²) in [6, 6.07) is 13.4. The summed E-state index contributed by atoms with van der Waals surface area (Å²) in [7, 11) is 1.34. The van der Waals surface area contributed by atoms with E-state index in [0.717, 1.165) is 17.8 Å². The van der Waals surface area contributed by atoms with Gasteiger partial charge in [0.1, 0.15) is 0 Å². The van der Waals surface area contributed by atoms with Crippen LogP contribution in [0, 0.1) is 0 Å². The van der Waals surface area contributed by atoms with E-state index in [1.165, 1.54) is 12.7 Å². The molecule has 0 radical (unpaired) electrons. The molecule has 0 heterocycles. The van der Waals surface area contributed by atoms with E-state index < -0.39 is 5.97 Å². The third-order valence-corrected chi connectivity index (χ3v) is 3.11. The van der Waals surface area contributed by atoms with Crippen LogP contribution < -0.4 is 11.1 Å². The minimum atomic E-state index is -0.438. The molecule has 3 N–H and O–H groups in total. The molecule has 0 spiro atoms. The maximum absolute atomic E-state index is 11.6. The molecule has 2 aromatic carbocycles. The predicted octanol–water partition coefficient (Wildman–Crippen LogP) is 3.36. The van der Waals surface area contributed by atoms with Crippen LogP contribution in [0.4, 0.5) is 17.1 Å². The highest BCUT2D eigenvalue weighted by atomic mass is 16.5. The van der Waals surface area contributed by atoms with E-state index in [4.69, 9.17) is 10.5 Å². The molecule has 0 aromatic heterocycles. The molecule has 2 aromatic rings. The molecule has 0 amide bonds. The quantitative estimate of drug-likeness (QED) is 0.660. The van der Waals surface area contributed by atoms with Crippen molar-refractivity contribution in [3.8, 4) is 0 Å². The van der Waals surface area contributed by atoms with E-state index in [9.17, 15) is 4.79 Å². The van der Waals surface area contributed by atoms with E-state index >= 15 is 0 Å². The van der Waals surface area contributed by atoms with Crippen LogP contribution in [-0.2, 0) is 11.2 Å². The monoisotopic (exact) mass is 270 g/mol. The van der Waals surface area contributed by atoms with Crippen LogP contribution in [-0.4, -0.2) is 13.1 Å². The number of nitrogens with two attached hydrogens (primary N) is 1. The third-order valence-electron chi connectivity index (χ3n) is 3.11. The predicted molar refractivity (Wildman–Crippen MR) is 81.3 cm³/mol. The normalized spacial score (nSPS) is 10.1. The van der Waals surface area contributed by atoms with E-state index in [2.05, 4.69) is 24.4 Å². The maximum Gasteiger partial charge on any atom is 0.340 e. The van der Waals surface area contributed by atoms with Crippen molar-refractivity contribution in [1.29, 1.82) is 0 Å². The lowest BCUT2D eigenvalue weighted by Gasteiger charge is -2.10. The summed E-state index contributed by atoms with van der Waals surface area (Å²) in [4.78, 5) is 11.6. The number of rotatable bonds is 4. The van der Waals surface area contributed by atoms with E-state index in [-0.39, 0.29) is 0 Å². The van der Waals surface area contributed by atoms with Gasteiger partial charge < -0.3 is 15.8 Å².